The normalized spacial score (nSPS) is 16.1. The third-order valence-corrected chi connectivity index (χ3v) is 5.48. The molecule has 1 aliphatic heterocycles. The van der Waals surface area contributed by atoms with Gasteiger partial charge < -0.3 is 9.67 Å². The largest absolute Gasteiger partial charge is 0.480 e. The second kappa shape index (κ2) is 5.63. The van der Waals surface area contributed by atoms with Gasteiger partial charge >= 0.3 is 5.97 Å². The molecule has 0 aliphatic carbocycles. The van der Waals surface area contributed by atoms with Crippen LogP contribution in [0.4, 0.5) is 4.39 Å². The summed E-state index contributed by atoms with van der Waals surface area (Å²) in [6.07, 6.45) is 1.58. The van der Waals surface area contributed by atoms with Crippen molar-refractivity contribution in [1.82, 2.24) is 9.55 Å². The Labute approximate surface area is 144 Å². The first-order chi connectivity index (χ1) is 12.0. The van der Waals surface area contributed by atoms with Crippen LogP contribution in [-0.4, -0.2) is 24.8 Å². The first-order valence-electron chi connectivity index (χ1n) is 7.55. The number of fused-ring (bicyclic) bond motifs is 2. The summed E-state index contributed by atoms with van der Waals surface area (Å²) < 4.78 is 27.8. The molecular formula is C18H13FN2O3S. The van der Waals surface area contributed by atoms with Crippen LogP contribution in [0, 0.1) is 12.7 Å². The maximum atomic E-state index is 13.9. The van der Waals surface area contributed by atoms with Gasteiger partial charge in [-0.2, -0.15) is 0 Å². The molecule has 1 N–H and O–H groups in total. The molecule has 5 nitrogen and oxygen atoms in total. The van der Waals surface area contributed by atoms with Crippen LogP contribution < -0.4 is 0 Å². The fourth-order valence-electron chi connectivity index (χ4n) is 3.31. The number of carboxylic acids is 1. The van der Waals surface area contributed by atoms with Gasteiger partial charge in [-0.25, -0.2) is 13.6 Å². The van der Waals surface area contributed by atoms with E-state index in [-0.39, 0.29) is 6.54 Å². The molecule has 7 heteroatoms. The van der Waals surface area contributed by atoms with E-state index in [4.69, 9.17) is 0 Å². The zero-order valence-corrected chi connectivity index (χ0v) is 14.0. The highest BCUT2D eigenvalue weighted by Gasteiger charge is 2.27. The Morgan fingerprint density at radius 3 is 2.92 bits per heavy atom. The van der Waals surface area contributed by atoms with E-state index in [9.17, 15) is 18.5 Å². The molecule has 0 fully saturated rings. The minimum Gasteiger partial charge on any atom is -0.480 e. The average molecular weight is 356 g/mol. The van der Waals surface area contributed by atoms with Crippen LogP contribution in [0.2, 0.25) is 0 Å². The van der Waals surface area contributed by atoms with Crippen molar-refractivity contribution in [3.05, 3.63) is 64.6 Å². The number of halogens is 1. The lowest BCUT2D eigenvalue weighted by atomic mass is 9.98. The first kappa shape index (κ1) is 15.7. The van der Waals surface area contributed by atoms with Crippen LogP contribution in [0.15, 0.2) is 47.0 Å². The van der Waals surface area contributed by atoms with Crippen LogP contribution in [0.1, 0.15) is 16.8 Å². The van der Waals surface area contributed by atoms with Gasteiger partial charge in [-0.1, -0.05) is 0 Å². The molecule has 0 spiro atoms. The molecule has 0 saturated carbocycles. The van der Waals surface area contributed by atoms with Crippen LogP contribution in [0.25, 0.3) is 16.5 Å². The Bertz CT molecular complexity index is 1100. The van der Waals surface area contributed by atoms with Crippen molar-refractivity contribution in [1.29, 1.82) is 0 Å². The number of rotatable bonds is 3. The number of nitrogens with zero attached hydrogens (tertiary/aromatic N) is 2. The summed E-state index contributed by atoms with van der Waals surface area (Å²) in [4.78, 5) is 15.4. The maximum absolute atomic E-state index is 13.9. The average Bonchev–Trinajstić information content (AvgIpc) is 3.03. The van der Waals surface area contributed by atoms with Gasteiger partial charge in [0.2, 0.25) is 0 Å². The summed E-state index contributed by atoms with van der Waals surface area (Å²) in [5.74, 6) is -1.39. The topological polar surface area (TPSA) is 72.2 Å². The molecule has 126 valence electrons. The molecule has 4 rings (SSSR count). The number of hydrogen-bond donors (Lipinski definition) is 1. The van der Waals surface area contributed by atoms with Crippen molar-refractivity contribution in [2.24, 2.45) is 0 Å². The van der Waals surface area contributed by atoms with Crippen LogP contribution in [-0.2, 0) is 22.1 Å². The van der Waals surface area contributed by atoms with E-state index in [1.165, 1.54) is 12.1 Å². The van der Waals surface area contributed by atoms with Gasteiger partial charge in [0.15, 0.2) is 0 Å². The monoisotopic (exact) mass is 356 g/mol. The maximum Gasteiger partial charge on any atom is 0.323 e. The summed E-state index contributed by atoms with van der Waals surface area (Å²) >= 11 is 0. The van der Waals surface area contributed by atoms with E-state index in [0.717, 1.165) is 5.56 Å². The quantitative estimate of drug-likeness (QED) is 0.783. The summed E-state index contributed by atoms with van der Waals surface area (Å²) in [5, 5.41) is 11.9. The van der Waals surface area contributed by atoms with E-state index in [0.29, 0.717) is 32.8 Å². The minimum absolute atomic E-state index is 0.232. The molecule has 25 heavy (non-hydrogen) atoms. The number of aliphatic carboxylic acids is 1. The van der Waals surface area contributed by atoms with Gasteiger partial charge in [0.1, 0.15) is 17.4 Å². The lowest BCUT2D eigenvalue weighted by Crippen LogP contribution is -2.10. The summed E-state index contributed by atoms with van der Waals surface area (Å²) in [7, 11) is -1.38. The van der Waals surface area contributed by atoms with Crippen LogP contribution in [0.3, 0.4) is 0 Å². The van der Waals surface area contributed by atoms with Crippen LogP contribution in [0.5, 0.6) is 0 Å². The van der Waals surface area contributed by atoms with Crippen molar-refractivity contribution in [3.63, 3.8) is 0 Å². The summed E-state index contributed by atoms with van der Waals surface area (Å²) in [6.45, 7) is 1.55. The molecule has 1 unspecified atom stereocenters. The molecule has 3 heterocycles. The number of aromatic nitrogens is 2. The zero-order chi connectivity index (χ0) is 17.7. The van der Waals surface area contributed by atoms with Gasteiger partial charge in [0.05, 0.1) is 10.8 Å². The lowest BCUT2D eigenvalue weighted by molar-refractivity contribution is -0.137. The second-order valence-corrected chi connectivity index (χ2v) is 7.00. The molecule has 1 aliphatic rings. The smallest absolute Gasteiger partial charge is 0.323 e. The third kappa shape index (κ3) is 2.39. The lowest BCUT2D eigenvalue weighted by Gasteiger charge is -2.07. The number of hydrogen-bond acceptors (Lipinski definition) is 3. The Hall–Kier alpha value is -2.80. The fraction of sp³-hybridized carbons (Fsp3) is 0.111. The fourth-order valence-corrected chi connectivity index (χ4v) is 4.44. The zero-order valence-electron chi connectivity index (χ0n) is 13.2. The van der Waals surface area contributed by atoms with E-state index in [1.54, 1.807) is 35.2 Å². The molecule has 0 saturated heterocycles. The SMILES string of the molecule is Cc1c(C2=CS(=O)c3ncccc32)c2cc(F)ccc2n1CC(=O)O. The van der Waals surface area contributed by atoms with Crippen molar-refractivity contribution in [2.75, 3.05) is 0 Å². The summed E-state index contributed by atoms with van der Waals surface area (Å²) in [5.41, 5.74) is 3.42. The Kier molecular flexibility index (Phi) is 3.54. The van der Waals surface area contributed by atoms with E-state index in [2.05, 4.69) is 4.98 Å². The predicted octanol–water partition coefficient (Wildman–Crippen LogP) is 3.08. The highest BCUT2D eigenvalue weighted by molar-refractivity contribution is 7.88. The Morgan fingerprint density at radius 2 is 2.16 bits per heavy atom. The van der Waals surface area contributed by atoms with Crippen molar-refractivity contribution in [3.8, 4) is 0 Å². The third-order valence-electron chi connectivity index (χ3n) is 4.32. The van der Waals surface area contributed by atoms with Gasteiger partial charge in [0, 0.05) is 44.9 Å². The first-order valence-corrected chi connectivity index (χ1v) is 8.77. The molecule has 1 aromatic carbocycles. The molecule has 0 radical (unpaired) electrons. The predicted molar refractivity (Wildman–Crippen MR) is 92.0 cm³/mol. The molecule has 3 aromatic rings. The number of pyridine rings is 1. The van der Waals surface area contributed by atoms with E-state index >= 15 is 0 Å². The van der Waals surface area contributed by atoms with Gasteiger partial charge in [-0.3, -0.25) is 4.79 Å². The van der Waals surface area contributed by atoms with Crippen molar-refractivity contribution < 1.29 is 18.5 Å². The molecular weight excluding hydrogens is 343 g/mol. The number of benzene rings is 1. The van der Waals surface area contributed by atoms with E-state index in [1.807, 2.05) is 6.07 Å². The molecule has 1 atom stereocenters. The van der Waals surface area contributed by atoms with Crippen molar-refractivity contribution >= 4 is 33.2 Å². The van der Waals surface area contributed by atoms with Crippen LogP contribution >= 0.6 is 0 Å². The van der Waals surface area contributed by atoms with Crippen molar-refractivity contribution in [2.45, 2.75) is 18.5 Å². The minimum atomic E-state index is -1.38. The van der Waals surface area contributed by atoms with E-state index < -0.39 is 22.6 Å². The number of carboxylic acid groups (broad SMARTS) is 1. The van der Waals surface area contributed by atoms with Gasteiger partial charge in [-0.05, 0) is 37.3 Å². The standard InChI is InChI=1S/C18H13FN2O3S/c1-10-17(14-9-25(24)18-12(14)3-2-6-20-18)13-7-11(19)4-5-15(13)21(10)8-16(22)23/h2-7,9H,8H2,1H3,(H,22,23). The Morgan fingerprint density at radius 1 is 1.36 bits per heavy atom. The van der Waals surface area contributed by atoms with Gasteiger partial charge in [-0.15, -0.1) is 0 Å². The molecule has 0 amide bonds. The number of carbonyl (C=O) groups is 1. The second-order valence-electron chi connectivity index (χ2n) is 5.79. The Balaban J connectivity index is 2.05. The van der Waals surface area contributed by atoms with Gasteiger partial charge in [0.25, 0.3) is 0 Å². The highest BCUT2D eigenvalue weighted by atomic mass is 32.2. The molecule has 2 aromatic heterocycles. The molecule has 0 bridgehead atoms. The highest BCUT2D eigenvalue weighted by Crippen LogP contribution is 2.40. The summed E-state index contributed by atoms with van der Waals surface area (Å²) in [6, 6.07) is 7.83.